The molecular formula is C9H6ClFN2S. The van der Waals surface area contributed by atoms with Gasteiger partial charge >= 0.3 is 0 Å². The summed E-state index contributed by atoms with van der Waals surface area (Å²) in [5, 5.41) is 2.98. The zero-order valence-electron chi connectivity index (χ0n) is 7.00. The minimum atomic E-state index is -0.429. The van der Waals surface area contributed by atoms with Crippen LogP contribution in [0.5, 0.6) is 0 Å². The van der Waals surface area contributed by atoms with Gasteiger partial charge in [-0.25, -0.2) is 4.39 Å². The molecule has 1 aromatic carbocycles. The lowest BCUT2D eigenvalue weighted by atomic mass is 10.3. The van der Waals surface area contributed by atoms with Crippen molar-refractivity contribution in [1.29, 1.82) is 0 Å². The first-order valence-electron chi connectivity index (χ1n) is 3.90. The van der Waals surface area contributed by atoms with Crippen LogP contribution in [0.3, 0.4) is 0 Å². The molecule has 72 valence electrons. The van der Waals surface area contributed by atoms with Crippen LogP contribution in [-0.4, -0.2) is 9.78 Å². The van der Waals surface area contributed by atoms with Gasteiger partial charge in [-0.1, -0.05) is 23.8 Å². The molecule has 1 aromatic heterocycles. The summed E-state index contributed by atoms with van der Waals surface area (Å²) in [5.41, 5.74) is 0.743. The van der Waals surface area contributed by atoms with Gasteiger partial charge in [0.25, 0.3) is 0 Å². The van der Waals surface area contributed by atoms with Gasteiger partial charge < -0.3 is 0 Å². The molecule has 2 aromatic rings. The Bertz CT molecular complexity index is 518. The molecule has 0 amide bonds. The second-order valence-corrected chi connectivity index (χ2v) is 3.61. The van der Waals surface area contributed by atoms with E-state index >= 15 is 0 Å². The number of benzene rings is 1. The molecule has 2 nitrogen and oxygen atoms in total. The van der Waals surface area contributed by atoms with Gasteiger partial charge in [0.2, 0.25) is 0 Å². The molecule has 0 spiro atoms. The summed E-state index contributed by atoms with van der Waals surface area (Å²) in [6, 6.07) is 6.20. The van der Waals surface area contributed by atoms with Gasteiger partial charge in [-0.2, -0.15) is 0 Å². The van der Waals surface area contributed by atoms with Crippen LogP contribution >= 0.6 is 23.8 Å². The summed E-state index contributed by atoms with van der Waals surface area (Å²) in [5.74, 6) is -0.429. The number of aromatic amines is 1. The first kappa shape index (κ1) is 9.43. The molecule has 1 heterocycles. The molecular weight excluding hydrogens is 223 g/mol. The molecule has 0 saturated heterocycles. The van der Waals surface area contributed by atoms with Crippen LogP contribution in [0.1, 0.15) is 0 Å². The van der Waals surface area contributed by atoms with Crippen LogP contribution in [-0.2, 0) is 0 Å². The van der Waals surface area contributed by atoms with Crippen molar-refractivity contribution in [3.8, 4) is 5.69 Å². The Morgan fingerprint density at radius 2 is 2.14 bits per heavy atom. The Kier molecular flexibility index (Phi) is 2.39. The van der Waals surface area contributed by atoms with E-state index in [0.29, 0.717) is 4.64 Å². The maximum atomic E-state index is 12.8. The normalized spacial score (nSPS) is 10.4. The molecule has 0 aliphatic rings. The molecule has 14 heavy (non-hydrogen) atoms. The zero-order valence-corrected chi connectivity index (χ0v) is 8.57. The van der Waals surface area contributed by atoms with Gasteiger partial charge in [0.15, 0.2) is 0 Å². The van der Waals surface area contributed by atoms with Crippen molar-refractivity contribution in [1.82, 2.24) is 9.78 Å². The molecule has 0 aliphatic heterocycles. The largest absolute Gasteiger partial charge is 0.284 e. The number of nitrogens with zero attached hydrogens (tertiary/aromatic N) is 1. The number of H-pyrrole nitrogens is 1. The topological polar surface area (TPSA) is 20.7 Å². The predicted molar refractivity (Wildman–Crippen MR) is 55.9 cm³/mol. The highest BCUT2D eigenvalue weighted by Gasteiger charge is 2.01. The minimum Gasteiger partial charge on any atom is -0.284 e. The zero-order chi connectivity index (χ0) is 10.1. The van der Waals surface area contributed by atoms with E-state index in [0.717, 1.165) is 5.69 Å². The van der Waals surface area contributed by atoms with Crippen LogP contribution in [0.4, 0.5) is 4.39 Å². The average molecular weight is 229 g/mol. The van der Waals surface area contributed by atoms with Gasteiger partial charge in [-0.15, -0.1) is 0 Å². The van der Waals surface area contributed by atoms with E-state index in [9.17, 15) is 4.39 Å². The Labute approximate surface area is 89.9 Å². The number of halogens is 2. The lowest BCUT2D eigenvalue weighted by Gasteiger charge is -2.02. The molecule has 0 fully saturated rings. The minimum absolute atomic E-state index is 0.0931. The third-order valence-electron chi connectivity index (χ3n) is 1.79. The molecule has 2 rings (SSSR count). The highest BCUT2D eigenvalue weighted by atomic mass is 35.5. The predicted octanol–water partition coefficient (Wildman–Crippen LogP) is 3.33. The summed E-state index contributed by atoms with van der Waals surface area (Å²) >= 11 is 10.6. The van der Waals surface area contributed by atoms with Crippen molar-refractivity contribution in [2.75, 3.05) is 0 Å². The van der Waals surface area contributed by atoms with Crippen LogP contribution in [0.15, 0.2) is 30.5 Å². The Morgan fingerprint density at radius 1 is 1.36 bits per heavy atom. The lowest BCUT2D eigenvalue weighted by molar-refractivity contribution is 0.627. The number of hydrogen-bond donors (Lipinski definition) is 1. The van der Waals surface area contributed by atoms with Gasteiger partial charge in [0, 0.05) is 6.20 Å². The highest BCUT2D eigenvalue weighted by molar-refractivity contribution is 7.71. The SMILES string of the molecule is Fc1ccc(-n2ccc(=S)[nH]2)cc1Cl. The third-order valence-corrected chi connectivity index (χ3v) is 2.30. The molecule has 0 unspecified atom stereocenters. The van der Waals surface area contributed by atoms with Crippen molar-refractivity contribution in [2.24, 2.45) is 0 Å². The molecule has 0 atom stereocenters. The number of hydrogen-bond acceptors (Lipinski definition) is 1. The van der Waals surface area contributed by atoms with E-state index in [4.69, 9.17) is 23.8 Å². The maximum Gasteiger partial charge on any atom is 0.141 e. The molecule has 0 aliphatic carbocycles. The first-order chi connectivity index (χ1) is 6.66. The molecule has 0 saturated carbocycles. The van der Waals surface area contributed by atoms with Gasteiger partial charge in [0.05, 0.1) is 10.7 Å². The standard InChI is InChI=1S/C9H6ClFN2S/c10-7-5-6(1-2-8(7)11)13-4-3-9(14)12-13/h1-5H,(H,12,14). The molecule has 5 heteroatoms. The Morgan fingerprint density at radius 3 is 2.71 bits per heavy atom. The van der Waals surface area contributed by atoms with Gasteiger partial charge in [-0.05, 0) is 24.3 Å². The van der Waals surface area contributed by atoms with Crippen LogP contribution < -0.4 is 0 Å². The first-order valence-corrected chi connectivity index (χ1v) is 4.68. The second-order valence-electron chi connectivity index (χ2n) is 2.76. The summed E-state index contributed by atoms with van der Waals surface area (Å²) in [6.07, 6.45) is 1.76. The maximum absolute atomic E-state index is 12.8. The van der Waals surface area contributed by atoms with E-state index in [-0.39, 0.29) is 5.02 Å². The lowest BCUT2D eigenvalue weighted by Crippen LogP contribution is -1.94. The van der Waals surface area contributed by atoms with Crippen LogP contribution in [0, 0.1) is 10.5 Å². The molecule has 1 N–H and O–H groups in total. The summed E-state index contributed by atoms with van der Waals surface area (Å²) in [4.78, 5) is 0. The number of aromatic nitrogens is 2. The van der Waals surface area contributed by atoms with Crippen molar-refractivity contribution < 1.29 is 4.39 Å². The van der Waals surface area contributed by atoms with E-state index in [1.54, 1.807) is 23.0 Å². The van der Waals surface area contributed by atoms with Crippen LogP contribution in [0.25, 0.3) is 5.69 Å². The fourth-order valence-electron chi connectivity index (χ4n) is 1.12. The van der Waals surface area contributed by atoms with Crippen molar-refractivity contribution in [2.45, 2.75) is 0 Å². The monoisotopic (exact) mass is 228 g/mol. The summed E-state index contributed by atoms with van der Waals surface area (Å²) in [7, 11) is 0. The summed E-state index contributed by atoms with van der Waals surface area (Å²) < 4.78 is 15.1. The van der Waals surface area contributed by atoms with Crippen molar-refractivity contribution >= 4 is 23.8 Å². The third kappa shape index (κ3) is 1.71. The van der Waals surface area contributed by atoms with Gasteiger partial charge in [0.1, 0.15) is 10.5 Å². The quantitative estimate of drug-likeness (QED) is 0.743. The average Bonchev–Trinajstić information content (AvgIpc) is 2.57. The highest BCUT2D eigenvalue weighted by Crippen LogP contribution is 2.18. The van der Waals surface area contributed by atoms with Crippen molar-refractivity contribution in [3.63, 3.8) is 0 Å². The Hall–Kier alpha value is -1.13. The van der Waals surface area contributed by atoms with E-state index < -0.39 is 5.82 Å². The Balaban J connectivity index is 2.52. The van der Waals surface area contributed by atoms with Crippen LogP contribution in [0.2, 0.25) is 5.02 Å². The fourth-order valence-corrected chi connectivity index (χ4v) is 1.45. The van der Waals surface area contributed by atoms with E-state index in [2.05, 4.69) is 5.10 Å². The smallest absolute Gasteiger partial charge is 0.141 e. The molecule has 0 bridgehead atoms. The van der Waals surface area contributed by atoms with E-state index in [1.165, 1.54) is 12.1 Å². The summed E-state index contributed by atoms with van der Waals surface area (Å²) in [6.45, 7) is 0. The number of nitrogens with one attached hydrogen (secondary N) is 1. The fraction of sp³-hybridized carbons (Fsp3) is 0. The number of rotatable bonds is 1. The second kappa shape index (κ2) is 3.55. The van der Waals surface area contributed by atoms with Gasteiger partial charge in [-0.3, -0.25) is 9.78 Å². The van der Waals surface area contributed by atoms with E-state index in [1.807, 2.05) is 0 Å². The van der Waals surface area contributed by atoms with Crippen molar-refractivity contribution in [3.05, 3.63) is 45.9 Å². The molecule has 0 radical (unpaired) electrons.